The van der Waals surface area contributed by atoms with Crippen LogP contribution < -0.4 is 5.32 Å². The molecular weight excluding hydrogens is 430 g/mol. The minimum Gasteiger partial charge on any atom is -0.494 e. The van der Waals surface area contributed by atoms with Gasteiger partial charge in [0.05, 0.1) is 17.5 Å². The van der Waals surface area contributed by atoms with E-state index < -0.39 is 0 Å². The summed E-state index contributed by atoms with van der Waals surface area (Å²) in [6, 6.07) is 17.2. The summed E-state index contributed by atoms with van der Waals surface area (Å²) in [6.07, 6.45) is 3.89. The Kier molecular flexibility index (Phi) is 5.43. The number of nitrogens with one attached hydrogen (secondary N) is 3. The highest BCUT2D eigenvalue weighted by Crippen LogP contribution is 2.28. The third-order valence-corrected chi connectivity index (χ3v) is 5.53. The average Bonchev–Trinajstić information content (AvgIpc) is 3.51. The zero-order valence-corrected chi connectivity index (χ0v) is 18.7. The molecule has 1 amide bonds. The Hall–Kier alpha value is -4.66. The van der Waals surface area contributed by atoms with Crippen molar-refractivity contribution in [2.45, 2.75) is 13.3 Å². The predicted molar refractivity (Wildman–Crippen MR) is 131 cm³/mol. The number of nitrogens with zero attached hydrogens (tertiary/aromatic N) is 4. The number of aliphatic imine (C=N–C) groups is 1. The van der Waals surface area contributed by atoms with Crippen molar-refractivity contribution in [3.8, 4) is 5.88 Å². The van der Waals surface area contributed by atoms with Crippen LogP contribution in [0.2, 0.25) is 0 Å². The lowest BCUT2D eigenvalue weighted by molar-refractivity contribution is 0.101. The van der Waals surface area contributed by atoms with Gasteiger partial charge in [0.2, 0.25) is 0 Å². The van der Waals surface area contributed by atoms with Gasteiger partial charge in [-0.1, -0.05) is 18.2 Å². The first-order valence-electron chi connectivity index (χ1n) is 10.7. The molecule has 5 aromatic rings. The number of aromatic nitrogens is 5. The van der Waals surface area contributed by atoms with Gasteiger partial charge in [0.15, 0.2) is 5.88 Å². The lowest BCUT2D eigenvalue weighted by Crippen LogP contribution is -2.16. The van der Waals surface area contributed by atoms with Crippen molar-refractivity contribution in [1.29, 1.82) is 0 Å². The van der Waals surface area contributed by atoms with Crippen LogP contribution in [-0.4, -0.2) is 42.2 Å². The third kappa shape index (κ3) is 4.31. The maximum absolute atomic E-state index is 12.6. The highest BCUT2D eigenvalue weighted by Gasteiger charge is 2.13. The van der Waals surface area contributed by atoms with Gasteiger partial charge in [0.1, 0.15) is 11.5 Å². The molecule has 0 spiro atoms. The first-order chi connectivity index (χ1) is 16.5. The smallest absolute Gasteiger partial charge is 0.273 e. The lowest BCUT2D eigenvalue weighted by Gasteiger charge is -2.08. The molecule has 0 aliphatic carbocycles. The normalized spacial score (nSPS) is 11.5. The van der Waals surface area contributed by atoms with Crippen molar-refractivity contribution in [3.05, 3.63) is 88.9 Å². The number of carbonyl (C=O) groups is 1. The van der Waals surface area contributed by atoms with E-state index in [-0.39, 0.29) is 11.8 Å². The molecule has 34 heavy (non-hydrogen) atoms. The van der Waals surface area contributed by atoms with Crippen molar-refractivity contribution in [3.63, 3.8) is 0 Å². The molecule has 0 fully saturated rings. The van der Waals surface area contributed by atoms with Gasteiger partial charge < -0.3 is 15.4 Å². The summed E-state index contributed by atoms with van der Waals surface area (Å²) >= 11 is 0. The average molecular weight is 454 g/mol. The largest absolute Gasteiger partial charge is 0.494 e. The van der Waals surface area contributed by atoms with E-state index in [1.54, 1.807) is 36.3 Å². The highest BCUT2D eigenvalue weighted by molar-refractivity contribution is 6.03. The molecule has 3 heterocycles. The van der Waals surface area contributed by atoms with Crippen molar-refractivity contribution < 1.29 is 9.90 Å². The van der Waals surface area contributed by atoms with Crippen molar-refractivity contribution in [2.24, 2.45) is 12.0 Å². The summed E-state index contributed by atoms with van der Waals surface area (Å²) in [5.41, 5.74) is 5.55. The summed E-state index contributed by atoms with van der Waals surface area (Å²) in [5, 5.41) is 25.1. The number of aryl methyl sites for hydroxylation is 2. The molecule has 0 saturated heterocycles. The molecule has 0 unspecified atom stereocenters. The monoisotopic (exact) mass is 453 g/mol. The minimum atomic E-state index is -0.203. The molecule has 0 radical (unpaired) electrons. The molecule has 2 aromatic carbocycles. The van der Waals surface area contributed by atoms with E-state index in [9.17, 15) is 9.90 Å². The van der Waals surface area contributed by atoms with Gasteiger partial charge in [0, 0.05) is 35.9 Å². The molecule has 5 rings (SSSR count). The van der Waals surface area contributed by atoms with Crippen LogP contribution in [0.25, 0.3) is 10.9 Å². The van der Waals surface area contributed by atoms with Crippen LogP contribution in [0.4, 0.5) is 11.5 Å². The standard InChI is InChI=1S/C25H23N7O2/c1-15-10-22(32(2)31-15)25(34)28-18-5-3-4-16(12-18)11-17-6-7-21-19(13-17)20(24(33)29-21)14-26-23-8-9-27-30-23/h3-10,12-14,29,33H,11H2,1-2H3,(H,27,30)(H,28,34)/b26-14+. The Bertz CT molecular complexity index is 1510. The number of benzene rings is 2. The van der Waals surface area contributed by atoms with Crippen molar-refractivity contribution in [1.82, 2.24) is 25.0 Å². The second kappa shape index (κ2) is 8.70. The van der Waals surface area contributed by atoms with Gasteiger partial charge in [-0.3, -0.25) is 14.6 Å². The summed E-state index contributed by atoms with van der Waals surface area (Å²) in [4.78, 5) is 20.0. The van der Waals surface area contributed by atoms with Crippen LogP contribution in [0.1, 0.15) is 32.9 Å². The summed E-state index contributed by atoms with van der Waals surface area (Å²) in [7, 11) is 1.75. The van der Waals surface area contributed by atoms with Crippen molar-refractivity contribution >= 4 is 34.5 Å². The number of aromatic hydroxyl groups is 1. The fourth-order valence-corrected chi connectivity index (χ4v) is 3.95. The molecule has 9 nitrogen and oxygen atoms in total. The Morgan fingerprint density at radius 3 is 2.79 bits per heavy atom. The lowest BCUT2D eigenvalue weighted by atomic mass is 10.0. The van der Waals surface area contributed by atoms with Gasteiger partial charge in [-0.2, -0.15) is 10.2 Å². The van der Waals surface area contributed by atoms with Crippen LogP contribution in [0.15, 0.2) is 65.8 Å². The number of rotatable bonds is 6. The quantitative estimate of drug-likeness (QED) is 0.287. The number of hydrogen-bond donors (Lipinski definition) is 4. The molecule has 4 N–H and O–H groups in total. The minimum absolute atomic E-state index is 0.0607. The van der Waals surface area contributed by atoms with Crippen LogP contribution in [0, 0.1) is 6.92 Å². The molecule has 9 heteroatoms. The Balaban J connectivity index is 1.37. The zero-order chi connectivity index (χ0) is 23.7. The molecule has 0 atom stereocenters. The fourth-order valence-electron chi connectivity index (χ4n) is 3.95. The Morgan fingerprint density at radius 1 is 1.18 bits per heavy atom. The van der Waals surface area contributed by atoms with Crippen LogP contribution in [0.5, 0.6) is 5.88 Å². The summed E-state index contributed by atoms with van der Waals surface area (Å²) in [6.45, 7) is 1.85. The molecular formula is C25H23N7O2. The van der Waals surface area contributed by atoms with E-state index in [1.807, 2.05) is 49.4 Å². The van der Waals surface area contributed by atoms with Crippen molar-refractivity contribution in [2.75, 3.05) is 5.32 Å². The predicted octanol–water partition coefficient (Wildman–Crippen LogP) is 4.23. The molecule has 3 aromatic heterocycles. The maximum atomic E-state index is 12.6. The number of amides is 1. The molecule has 0 bridgehead atoms. The van der Waals surface area contributed by atoms with E-state index in [0.29, 0.717) is 29.2 Å². The first-order valence-corrected chi connectivity index (χ1v) is 10.7. The molecule has 0 aliphatic rings. The molecule has 0 aliphatic heterocycles. The van der Waals surface area contributed by atoms with Crippen LogP contribution >= 0.6 is 0 Å². The molecule has 0 saturated carbocycles. The SMILES string of the molecule is Cc1cc(C(=O)Nc2cccc(Cc3ccc4[nH]c(O)c(/C=N/c5ccn[nH]5)c4c3)c2)n(C)n1. The van der Waals surface area contributed by atoms with Gasteiger partial charge in [-0.05, 0) is 54.8 Å². The van der Waals surface area contributed by atoms with E-state index in [1.165, 1.54) is 0 Å². The van der Waals surface area contributed by atoms with Gasteiger partial charge in [-0.25, -0.2) is 4.99 Å². The van der Waals surface area contributed by atoms with E-state index in [4.69, 9.17) is 0 Å². The highest BCUT2D eigenvalue weighted by atomic mass is 16.3. The topological polar surface area (TPSA) is 124 Å². The van der Waals surface area contributed by atoms with Gasteiger partial charge in [-0.15, -0.1) is 0 Å². The van der Waals surface area contributed by atoms with Gasteiger partial charge in [0.25, 0.3) is 5.91 Å². The number of fused-ring (bicyclic) bond motifs is 1. The van der Waals surface area contributed by atoms with E-state index >= 15 is 0 Å². The number of anilines is 1. The van der Waals surface area contributed by atoms with E-state index in [2.05, 4.69) is 30.6 Å². The van der Waals surface area contributed by atoms with Crippen LogP contribution in [0.3, 0.4) is 0 Å². The summed E-state index contributed by atoms with van der Waals surface area (Å²) in [5.74, 6) is 0.459. The second-order valence-electron chi connectivity index (χ2n) is 8.09. The number of H-pyrrole nitrogens is 2. The number of carbonyl (C=O) groups excluding carboxylic acids is 1. The zero-order valence-electron chi connectivity index (χ0n) is 18.7. The Morgan fingerprint density at radius 2 is 2.03 bits per heavy atom. The number of aromatic amines is 2. The Labute approximate surface area is 195 Å². The number of hydrogen-bond acceptors (Lipinski definition) is 5. The summed E-state index contributed by atoms with van der Waals surface area (Å²) < 4.78 is 1.57. The maximum Gasteiger partial charge on any atom is 0.273 e. The third-order valence-electron chi connectivity index (χ3n) is 5.53. The van der Waals surface area contributed by atoms with Gasteiger partial charge >= 0.3 is 0 Å². The molecule has 170 valence electrons. The van der Waals surface area contributed by atoms with E-state index in [0.717, 1.165) is 27.7 Å². The fraction of sp³-hybridized carbons (Fsp3) is 0.120. The first kappa shape index (κ1) is 21.2. The second-order valence-corrected chi connectivity index (χ2v) is 8.09. The van der Waals surface area contributed by atoms with Crippen LogP contribution in [-0.2, 0) is 13.5 Å².